The fraction of sp³-hybridized carbons (Fsp3) is 0.333. The Bertz CT molecular complexity index is 834. The summed E-state index contributed by atoms with van der Waals surface area (Å²) in [5.41, 5.74) is 3.97. The quantitative estimate of drug-likeness (QED) is 0.733. The molecule has 0 saturated carbocycles. The highest BCUT2D eigenvalue weighted by atomic mass is 19.1. The van der Waals surface area contributed by atoms with Gasteiger partial charge in [-0.3, -0.25) is 9.59 Å². The minimum atomic E-state index is -0.438. The summed E-state index contributed by atoms with van der Waals surface area (Å²) < 4.78 is 14.5. The standard InChI is InChI=1S/C21H24FN3O2/c1-14-2-4-15(5-3-14)6-9-19(26)24-13-20(27)25-18-8-7-16-12-23-11-10-17(16)21(18)22/h2-5,7-8,23H,6,9-13H2,1H3,(H,24,26)(H,25,27). The van der Waals surface area contributed by atoms with E-state index in [4.69, 9.17) is 0 Å². The maximum absolute atomic E-state index is 14.5. The van der Waals surface area contributed by atoms with Crippen LogP contribution in [0.15, 0.2) is 36.4 Å². The van der Waals surface area contributed by atoms with E-state index in [1.165, 1.54) is 5.56 Å². The fourth-order valence-corrected chi connectivity index (χ4v) is 3.10. The lowest BCUT2D eigenvalue weighted by Gasteiger charge is -2.19. The summed E-state index contributed by atoms with van der Waals surface area (Å²) in [6, 6.07) is 11.4. The summed E-state index contributed by atoms with van der Waals surface area (Å²) in [5.74, 6) is -1.03. The average Bonchev–Trinajstić information content (AvgIpc) is 2.68. The Morgan fingerprint density at radius 3 is 2.67 bits per heavy atom. The van der Waals surface area contributed by atoms with Crippen LogP contribution >= 0.6 is 0 Å². The molecule has 0 fully saturated rings. The molecule has 0 atom stereocenters. The number of aryl methyl sites for hydroxylation is 2. The van der Waals surface area contributed by atoms with E-state index >= 15 is 0 Å². The van der Waals surface area contributed by atoms with Crippen molar-refractivity contribution in [3.63, 3.8) is 0 Å². The summed E-state index contributed by atoms with van der Waals surface area (Å²) >= 11 is 0. The molecule has 3 N–H and O–H groups in total. The average molecular weight is 369 g/mol. The van der Waals surface area contributed by atoms with Crippen molar-refractivity contribution >= 4 is 17.5 Å². The Hall–Kier alpha value is -2.73. The monoisotopic (exact) mass is 369 g/mol. The minimum absolute atomic E-state index is 0.162. The predicted octanol–water partition coefficient (Wildman–Crippen LogP) is 2.47. The fourth-order valence-electron chi connectivity index (χ4n) is 3.10. The van der Waals surface area contributed by atoms with Crippen LogP contribution in [0.3, 0.4) is 0 Å². The molecule has 2 aromatic rings. The molecule has 5 nitrogen and oxygen atoms in total. The van der Waals surface area contributed by atoms with E-state index in [2.05, 4.69) is 16.0 Å². The maximum Gasteiger partial charge on any atom is 0.243 e. The van der Waals surface area contributed by atoms with E-state index in [-0.39, 0.29) is 24.0 Å². The highest BCUT2D eigenvalue weighted by Gasteiger charge is 2.17. The topological polar surface area (TPSA) is 70.2 Å². The van der Waals surface area contributed by atoms with Crippen LogP contribution in [0.1, 0.15) is 28.7 Å². The van der Waals surface area contributed by atoms with Crippen LogP contribution in [0.25, 0.3) is 0 Å². The molecule has 142 valence electrons. The lowest BCUT2D eigenvalue weighted by molar-refractivity contribution is -0.124. The molecular formula is C21H24FN3O2. The summed E-state index contributed by atoms with van der Waals surface area (Å²) in [6.45, 7) is 3.19. The third-order valence-corrected chi connectivity index (χ3v) is 4.69. The molecule has 27 heavy (non-hydrogen) atoms. The van der Waals surface area contributed by atoms with Crippen molar-refractivity contribution in [2.75, 3.05) is 18.4 Å². The van der Waals surface area contributed by atoms with Crippen molar-refractivity contribution in [3.05, 3.63) is 64.5 Å². The number of hydrogen-bond acceptors (Lipinski definition) is 3. The summed E-state index contributed by atoms with van der Waals surface area (Å²) in [7, 11) is 0. The lowest BCUT2D eigenvalue weighted by atomic mass is 9.99. The first kappa shape index (κ1) is 19.0. The molecular weight excluding hydrogens is 345 g/mol. The highest BCUT2D eigenvalue weighted by molar-refractivity contribution is 5.94. The summed E-state index contributed by atoms with van der Waals surface area (Å²) in [5, 5.41) is 8.32. The molecule has 2 aromatic carbocycles. The van der Waals surface area contributed by atoms with Gasteiger partial charge in [0.25, 0.3) is 0 Å². The van der Waals surface area contributed by atoms with Gasteiger partial charge in [-0.15, -0.1) is 0 Å². The molecule has 0 unspecified atom stereocenters. The van der Waals surface area contributed by atoms with E-state index < -0.39 is 5.91 Å². The third kappa shape index (κ3) is 5.14. The first-order valence-corrected chi connectivity index (χ1v) is 9.16. The molecule has 0 saturated heterocycles. The SMILES string of the molecule is Cc1ccc(CCC(=O)NCC(=O)Nc2ccc3c(c2F)CCNC3)cc1. The van der Waals surface area contributed by atoms with Crippen LogP contribution in [0.5, 0.6) is 0 Å². The predicted molar refractivity (Wildman–Crippen MR) is 103 cm³/mol. The number of carbonyl (C=O) groups is 2. The molecule has 1 aliphatic rings. The van der Waals surface area contributed by atoms with Gasteiger partial charge in [-0.25, -0.2) is 4.39 Å². The molecule has 1 heterocycles. The molecule has 0 aromatic heterocycles. The molecule has 0 radical (unpaired) electrons. The van der Waals surface area contributed by atoms with E-state index in [1.54, 1.807) is 6.07 Å². The molecule has 3 rings (SSSR count). The van der Waals surface area contributed by atoms with Crippen LogP contribution in [0.2, 0.25) is 0 Å². The van der Waals surface area contributed by atoms with Gasteiger partial charge in [0.15, 0.2) is 0 Å². The first-order chi connectivity index (χ1) is 13.0. The number of halogens is 1. The Morgan fingerprint density at radius 2 is 1.89 bits per heavy atom. The zero-order valence-electron chi connectivity index (χ0n) is 15.4. The zero-order valence-corrected chi connectivity index (χ0v) is 15.4. The third-order valence-electron chi connectivity index (χ3n) is 4.69. The minimum Gasteiger partial charge on any atom is -0.347 e. The molecule has 0 bridgehead atoms. The first-order valence-electron chi connectivity index (χ1n) is 9.16. The van der Waals surface area contributed by atoms with Gasteiger partial charge in [-0.05, 0) is 49.1 Å². The van der Waals surface area contributed by atoms with Crippen LogP contribution in [-0.2, 0) is 29.0 Å². The Kier molecular flexibility index (Phi) is 6.19. The number of amides is 2. The van der Waals surface area contributed by atoms with E-state index in [0.717, 1.165) is 17.7 Å². The Morgan fingerprint density at radius 1 is 1.11 bits per heavy atom. The van der Waals surface area contributed by atoms with Crippen molar-refractivity contribution < 1.29 is 14.0 Å². The van der Waals surface area contributed by atoms with Crippen LogP contribution in [0.4, 0.5) is 10.1 Å². The molecule has 1 aliphatic heterocycles. The van der Waals surface area contributed by atoms with Gasteiger partial charge < -0.3 is 16.0 Å². The second-order valence-corrected chi connectivity index (χ2v) is 6.80. The number of benzene rings is 2. The van der Waals surface area contributed by atoms with Crippen molar-refractivity contribution in [2.24, 2.45) is 0 Å². The highest BCUT2D eigenvalue weighted by Crippen LogP contribution is 2.24. The second-order valence-electron chi connectivity index (χ2n) is 6.80. The van der Waals surface area contributed by atoms with Gasteiger partial charge in [0.2, 0.25) is 11.8 Å². The van der Waals surface area contributed by atoms with Crippen molar-refractivity contribution in [1.29, 1.82) is 0 Å². The smallest absolute Gasteiger partial charge is 0.243 e. The number of carbonyl (C=O) groups excluding carboxylic acids is 2. The van der Waals surface area contributed by atoms with Gasteiger partial charge in [-0.1, -0.05) is 35.9 Å². The number of nitrogens with one attached hydrogen (secondary N) is 3. The molecule has 0 spiro atoms. The lowest BCUT2D eigenvalue weighted by Crippen LogP contribution is -2.33. The second kappa shape index (κ2) is 8.77. The van der Waals surface area contributed by atoms with Gasteiger partial charge >= 0.3 is 0 Å². The van der Waals surface area contributed by atoms with E-state index in [1.807, 2.05) is 37.3 Å². The molecule has 6 heteroatoms. The van der Waals surface area contributed by atoms with Crippen LogP contribution < -0.4 is 16.0 Å². The maximum atomic E-state index is 14.5. The van der Waals surface area contributed by atoms with Crippen molar-refractivity contribution in [3.8, 4) is 0 Å². The normalized spacial score (nSPS) is 13.0. The number of hydrogen-bond donors (Lipinski definition) is 3. The van der Waals surface area contributed by atoms with Crippen molar-refractivity contribution in [1.82, 2.24) is 10.6 Å². The van der Waals surface area contributed by atoms with Crippen LogP contribution in [0, 0.1) is 12.7 Å². The van der Waals surface area contributed by atoms with Crippen molar-refractivity contribution in [2.45, 2.75) is 32.7 Å². The van der Waals surface area contributed by atoms with E-state index in [9.17, 15) is 14.0 Å². The van der Waals surface area contributed by atoms with Gasteiger partial charge in [0.1, 0.15) is 5.82 Å². The summed E-state index contributed by atoms with van der Waals surface area (Å²) in [4.78, 5) is 24.0. The Labute approximate surface area is 158 Å². The van der Waals surface area contributed by atoms with E-state index in [0.29, 0.717) is 31.4 Å². The zero-order chi connectivity index (χ0) is 19.2. The largest absolute Gasteiger partial charge is 0.347 e. The molecule has 0 aliphatic carbocycles. The summed E-state index contributed by atoms with van der Waals surface area (Å²) in [6.07, 6.45) is 1.51. The number of rotatable bonds is 6. The van der Waals surface area contributed by atoms with Gasteiger partial charge in [0, 0.05) is 13.0 Å². The van der Waals surface area contributed by atoms with Crippen LogP contribution in [-0.4, -0.2) is 24.9 Å². The van der Waals surface area contributed by atoms with Gasteiger partial charge in [0.05, 0.1) is 12.2 Å². The Balaban J connectivity index is 1.46. The number of fused-ring (bicyclic) bond motifs is 1. The molecule has 2 amide bonds. The number of anilines is 1. The van der Waals surface area contributed by atoms with Gasteiger partial charge in [-0.2, -0.15) is 0 Å².